The fourth-order valence-corrected chi connectivity index (χ4v) is 2.92. The van der Waals surface area contributed by atoms with Gasteiger partial charge in [-0.1, -0.05) is 26.0 Å². The summed E-state index contributed by atoms with van der Waals surface area (Å²) in [7, 11) is 0. The van der Waals surface area contributed by atoms with Crippen molar-refractivity contribution in [1.82, 2.24) is 4.98 Å². The number of anilines is 1. The van der Waals surface area contributed by atoms with Crippen LogP contribution in [0.1, 0.15) is 41.6 Å². The minimum Gasteiger partial charge on any atom is -0.440 e. The largest absolute Gasteiger partial charge is 0.440 e. The van der Waals surface area contributed by atoms with Crippen molar-refractivity contribution < 1.29 is 9.21 Å². The van der Waals surface area contributed by atoms with Gasteiger partial charge in [-0.15, -0.1) is 0 Å². The molecule has 0 unspecified atom stereocenters. The van der Waals surface area contributed by atoms with Crippen LogP contribution in [0.3, 0.4) is 0 Å². The maximum absolute atomic E-state index is 12.4. The van der Waals surface area contributed by atoms with Crippen molar-refractivity contribution in [3.63, 3.8) is 0 Å². The van der Waals surface area contributed by atoms with Gasteiger partial charge >= 0.3 is 0 Å². The van der Waals surface area contributed by atoms with Crippen LogP contribution in [0.5, 0.6) is 0 Å². The van der Waals surface area contributed by atoms with Crippen LogP contribution in [0.2, 0.25) is 0 Å². The summed E-state index contributed by atoms with van der Waals surface area (Å²) in [5.41, 5.74) is 4.04. The lowest BCUT2D eigenvalue weighted by atomic mass is 10.1. The second-order valence-corrected chi connectivity index (χ2v) is 6.84. The highest BCUT2D eigenvalue weighted by molar-refractivity contribution is 7.97. The SMILES string of the molecule is CSCc1ccc(C(=O)Nc2ccc3nc(C(C)C)oc3c2)cc1. The zero-order valence-electron chi connectivity index (χ0n) is 14.0. The molecule has 0 bridgehead atoms. The monoisotopic (exact) mass is 340 g/mol. The van der Waals surface area contributed by atoms with Gasteiger partial charge in [-0.3, -0.25) is 4.79 Å². The van der Waals surface area contributed by atoms with Crippen molar-refractivity contribution in [2.24, 2.45) is 0 Å². The van der Waals surface area contributed by atoms with Gasteiger partial charge in [0.25, 0.3) is 5.91 Å². The van der Waals surface area contributed by atoms with Crippen molar-refractivity contribution in [3.05, 3.63) is 59.5 Å². The second kappa shape index (κ2) is 7.09. The van der Waals surface area contributed by atoms with Gasteiger partial charge < -0.3 is 9.73 Å². The Morgan fingerprint density at radius 1 is 1.21 bits per heavy atom. The minimum atomic E-state index is -0.131. The minimum absolute atomic E-state index is 0.131. The van der Waals surface area contributed by atoms with Crippen LogP contribution >= 0.6 is 11.8 Å². The van der Waals surface area contributed by atoms with E-state index in [9.17, 15) is 4.79 Å². The Kier molecular flexibility index (Phi) is 4.90. The van der Waals surface area contributed by atoms with Crippen LogP contribution in [0.4, 0.5) is 5.69 Å². The number of rotatable bonds is 5. The highest BCUT2D eigenvalue weighted by Gasteiger charge is 2.11. The lowest BCUT2D eigenvalue weighted by Crippen LogP contribution is -2.11. The number of amides is 1. The van der Waals surface area contributed by atoms with Gasteiger partial charge in [-0.25, -0.2) is 4.98 Å². The number of oxazole rings is 1. The van der Waals surface area contributed by atoms with Gasteiger partial charge in [-0.2, -0.15) is 11.8 Å². The van der Waals surface area contributed by atoms with Crippen LogP contribution in [0, 0.1) is 0 Å². The van der Waals surface area contributed by atoms with E-state index >= 15 is 0 Å². The third-order valence-electron chi connectivity index (χ3n) is 3.68. The number of hydrogen-bond donors (Lipinski definition) is 1. The molecule has 0 aliphatic rings. The second-order valence-electron chi connectivity index (χ2n) is 5.97. The van der Waals surface area contributed by atoms with E-state index in [2.05, 4.69) is 16.6 Å². The summed E-state index contributed by atoms with van der Waals surface area (Å²) in [6.45, 7) is 4.07. The van der Waals surface area contributed by atoms with E-state index in [1.165, 1.54) is 5.56 Å². The summed E-state index contributed by atoms with van der Waals surface area (Å²) in [4.78, 5) is 16.8. The fraction of sp³-hybridized carbons (Fsp3) is 0.263. The van der Waals surface area contributed by atoms with Crippen molar-refractivity contribution >= 4 is 34.5 Å². The van der Waals surface area contributed by atoms with Gasteiger partial charge in [0.05, 0.1) is 0 Å². The van der Waals surface area contributed by atoms with E-state index in [1.807, 2.05) is 56.3 Å². The molecule has 0 radical (unpaired) electrons. The lowest BCUT2D eigenvalue weighted by Gasteiger charge is -2.06. The molecule has 1 aromatic heterocycles. The molecule has 5 heteroatoms. The van der Waals surface area contributed by atoms with Crippen LogP contribution in [-0.2, 0) is 5.75 Å². The van der Waals surface area contributed by atoms with Crippen LogP contribution < -0.4 is 5.32 Å². The lowest BCUT2D eigenvalue weighted by molar-refractivity contribution is 0.102. The molecule has 1 heterocycles. The summed E-state index contributed by atoms with van der Waals surface area (Å²) in [6.07, 6.45) is 2.06. The third-order valence-corrected chi connectivity index (χ3v) is 4.31. The Balaban J connectivity index is 1.77. The number of hydrogen-bond acceptors (Lipinski definition) is 4. The topological polar surface area (TPSA) is 55.1 Å². The molecule has 1 amide bonds. The molecule has 1 N–H and O–H groups in total. The first kappa shape index (κ1) is 16.6. The number of fused-ring (bicyclic) bond motifs is 1. The Morgan fingerprint density at radius 3 is 2.62 bits per heavy atom. The highest BCUT2D eigenvalue weighted by Crippen LogP contribution is 2.24. The zero-order valence-corrected chi connectivity index (χ0v) is 14.8. The number of benzene rings is 2. The molecule has 4 nitrogen and oxygen atoms in total. The Hall–Kier alpha value is -2.27. The van der Waals surface area contributed by atoms with Gasteiger partial charge in [0.2, 0.25) is 0 Å². The molecule has 0 aliphatic carbocycles. The number of carbonyl (C=O) groups excluding carboxylic acids is 1. The number of nitrogens with zero attached hydrogens (tertiary/aromatic N) is 1. The van der Waals surface area contributed by atoms with Gasteiger partial charge in [0.15, 0.2) is 11.5 Å². The Bertz CT molecular complexity index is 853. The van der Waals surface area contributed by atoms with E-state index in [-0.39, 0.29) is 11.8 Å². The predicted molar refractivity (Wildman–Crippen MR) is 99.7 cm³/mol. The molecular formula is C19H20N2O2S. The average molecular weight is 340 g/mol. The van der Waals surface area contributed by atoms with Crippen molar-refractivity contribution in [2.45, 2.75) is 25.5 Å². The molecule has 2 aromatic carbocycles. The first-order valence-electron chi connectivity index (χ1n) is 7.86. The van der Waals surface area contributed by atoms with E-state index in [4.69, 9.17) is 4.42 Å². The quantitative estimate of drug-likeness (QED) is 0.705. The van der Waals surface area contributed by atoms with Crippen LogP contribution in [0.25, 0.3) is 11.1 Å². The third kappa shape index (κ3) is 3.62. The zero-order chi connectivity index (χ0) is 17.1. The summed E-state index contributed by atoms with van der Waals surface area (Å²) >= 11 is 1.76. The normalized spacial score (nSPS) is 11.2. The van der Waals surface area contributed by atoms with Gasteiger partial charge in [-0.05, 0) is 36.1 Å². The summed E-state index contributed by atoms with van der Waals surface area (Å²) in [5.74, 6) is 1.75. The molecule has 124 valence electrons. The first-order chi connectivity index (χ1) is 11.6. The smallest absolute Gasteiger partial charge is 0.255 e. The molecule has 0 fully saturated rings. The average Bonchev–Trinajstić information content (AvgIpc) is 2.99. The maximum atomic E-state index is 12.4. The van der Waals surface area contributed by atoms with E-state index in [1.54, 1.807) is 11.8 Å². The van der Waals surface area contributed by atoms with Crippen LogP contribution in [-0.4, -0.2) is 17.1 Å². The molecule has 3 rings (SSSR count). The van der Waals surface area contributed by atoms with Gasteiger partial charge in [0.1, 0.15) is 5.52 Å². The molecule has 0 spiro atoms. The van der Waals surface area contributed by atoms with Crippen LogP contribution in [0.15, 0.2) is 46.9 Å². The number of nitrogens with one attached hydrogen (secondary N) is 1. The summed E-state index contributed by atoms with van der Waals surface area (Å²) in [5, 5.41) is 2.91. The van der Waals surface area contributed by atoms with E-state index < -0.39 is 0 Å². The molecule has 0 saturated carbocycles. The van der Waals surface area contributed by atoms with E-state index in [0.29, 0.717) is 22.7 Å². The van der Waals surface area contributed by atoms with Crippen molar-refractivity contribution in [1.29, 1.82) is 0 Å². The highest BCUT2D eigenvalue weighted by atomic mass is 32.2. The number of carbonyl (C=O) groups is 1. The number of aromatic nitrogens is 1. The predicted octanol–water partition coefficient (Wildman–Crippen LogP) is 5.07. The van der Waals surface area contributed by atoms with Crippen molar-refractivity contribution in [2.75, 3.05) is 11.6 Å². The fourth-order valence-electron chi connectivity index (χ4n) is 2.39. The first-order valence-corrected chi connectivity index (χ1v) is 9.26. The molecule has 0 atom stereocenters. The summed E-state index contributed by atoms with van der Waals surface area (Å²) in [6, 6.07) is 13.2. The molecule has 24 heavy (non-hydrogen) atoms. The Labute approximate surface area is 145 Å². The van der Waals surface area contributed by atoms with E-state index in [0.717, 1.165) is 11.3 Å². The summed E-state index contributed by atoms with van der Waals surface area (Å²) < 4.78 is 5.74. The Morgan fingerprint density at radius 2 is 1.96 bits per heavy atom. The molecule has 0 saturated heterocycles. The molecule has 0 aliphatic heterocycles. The molecule has 3 aromatic rings. The molecular weight excluding hydrogens is 320 g/mol. The van der Waals surface area contributed by atoms with Crippen molar-refractivity contribution in [3.8, 4) is 0 Å². The standard InChI is InChI=1S/C19H20N2O2S/c1-12(2)19-21-16-9-8-15(10-17(16)23-19)20-18(22)14-6-4-13(5-7-14)11-24-3/h4-10,12H,11H2,1-3H3,(H,20,22). The maximum Gasteiger partial charge on any atom is 0.255 e. The van der Waals surface area contributed by atoms with Gasteiger partial charge in [0, 0.05) is 29.0 Å². The number of thioether (sulfide) groups is 1.